The molecule has 0 unspecified atom stereocenters. The number of aliphatic imine (C=N–C) groups is 1. The molecule has 0 saturated carbocycles. The van der Waals surface area contributed by atoms with E-state index in [9.17, 15) is 14.4 Å². The molecule has 0 saturated heterocycles. The van der Waals surface area contributed by atoms with Gasteiger partial charge in [-0.1, -0.05) is 110 Å². The maximum Gasteiger partial charge on any atom is 0.285 e. The fourth-order valence-electron chi connectivity index (χ4n) is 4.50. The number of carbonyl (C=O) groups excluding carboxylic acids is 3. The third-order valence-corrected chi connectivity index (χ3v) is 8.71. The van der Waals surface area contributed by atoms with E-state index in [0.29, 0.717) is 32.6 Å². The molecule has 1 heterocycles. The highest BCUT2D eigenvalue weighted by molar-refractivity contribution is 9.11. The van der Waals surface area contributed by atoms with Gasteiger partial charge in [-0.15, -0.1) is 0 Å². The Morgan fingerprint density at radius 2 is 1.63 bits per heavy atom. The van der Waals surface area contributed by atoms with Gasteiger partial charge in [0.2, 0.25) is 5.91 Å². The van der Waals surface area contributed by atoms with E-state index < -0.39 is 11.8 Å². The van der Waals surface area contributed by atoms with Gasteiger partial charge >= 0.3 is 0 Å². The van der Waals surface area contributed by atoms with Crippen LogP contribution in [-0.2, 0) is 14.4 Å². The Labute approximate surface area is 289 Å². The fraction of sp³-hybridized carbons (Fsp3) is 0.111. The topological polar surface area (TPSA) is 88.1 Å². The zero-order valence-electron chi connectivity index (χ0n) is 25.0. The summed E-state index contributed by atoms with van der Waals surface area (Å²) in [4.78, 5) is 46.2. The van der Waals surface area contributed by atoms with Gasteiger partial charge in [-0.05, 0) is 79.8 Å². The number of benzene rings is 3. The molecule has 1 aliphatic heterocycles. The molecule has 4 rings (SSSR count). The van der Waals surface area contributed by atoms with E-state index in [1.165, 1.54) is 11.0 Å². The van der Waals surface area contributed by atoms with E-state index >= 15 is 0 Å². The molecule has 0 atom stereocenters. The number of halogens is 2. The first kappa shape index (κ1) is 34.6. The van der Waals surface area contributed by atoms with Gasteiger partial charge < -0.3 is 10.1 Å². The molecule has 0 fully saturated rings. The number of nitrogens with one attached hydrogen (secondary N) is 1. The van der Waals surface area contributed by atoms with Crippen LogP contribution >= 0.6 is 43.6 Å². The van der Waals surface area contributed by atoms with E-state index in [1.54, 1.807) is 49.4 Å². The van der Waals surface area contributed by atoms with Crippen molar-refractivity contribution in [1.29, 1.82) is 0 Å². The van der Waals surface area contributed by atoms with Crippen LogP contribution in [-0.4, -0.2) is 40.1 Å². The Kier molecular flexibility index (Phi) is 12.7. The molecule has 10 heteroatoms. The number of amides is 3. The minimum absolute atomic E-state index is 0.0840. The van der Waals surface area contributed by atoms with Crippen molar-refractivity contribution < 1.29 is 19.1 Å². The first-order valence-corrected chi connectivity index (χ1v) is 16.7. The second kappa shape index (κ2) is 16.9. The van der Waals surface area contributed by atoms with Crippen molar-refractivity contribution >= 4 is 72.6 Å². The Morgan fingerprint density at radius 1 is 1.02 bits per heavy atom. The van der Waals surface area contributed by atoms with Gasteiger partial charge in [-0.25, -0.2) is 0 Å². The van der Waals surface area contributed by atoms with Crippen LogP contribution in [0, 0.1) is 0 Å². The van der Waals surface area contributed by atoms with Crippen molar-refractivity contribution in [2.24, 2.45) is 4.99 Å². The van der Waals surface area contributed by atoms with Gasteiger partial charge in [0.05, 0.1) is 20.7 Å². The monoisotopic (exact) mass is 759 g/mol. The average molecular weight is 762 g/mol. The summed E-state index contributed by atoms with van der Waals surface area (Å²) in [6.07, 6.45) is 9.78. The number of hydrogen-bond acceptors (Lipinski definition) is 5. The summed E-state index contributed by atoms with van der Waals surface area (Å²) < 4.78 is 6.94. The van der Waals surface area contributed by atoms with E-state index in [0.717, 1.165) is 22.9 Å². The number of carbonyl (C=O) groups is 3. The lowest BCUT2D eigenvalue weighted by atomic mass is 9.99. The maximum atomic E-state index is 14.0. The summed E-state index contributed by atoms with van der Waals surface area (Å²) >= 11 is 7.99. The minimum Gasteiger partial charge on any atom is -0.487 e. The van der Waals surface area contributed by atoms with Crippen LogP contribution in [0.5, 0.6) is 5.75 Å². The average Bonchev–Trinajstić information content (AvgIpc) is 3.06. The molecular weight excluding hydrogens is 730 g/mol. The van der Waals surface area contributed by atoms with Crippen LogP contribution in [0.1, 0.15) is 29.7 Å². The molecule has 0 radical (unpaired) electrons. The molecule has 3 amide bonds. The number of thioether (sulfide) groups is 1. The standard InChI is InChI=1S/C36H31Br2N3O4S/c1-4-7-18-27(6-3)41-35(44)28(20-24-21-29(37)33(30(38)22-24)45-19-5-2)34(43)40-36(41)46-23-31(42)39-32(25-14-10-8-11-15-25)26-16-12-9-13-17-26/h4-18,20-22,32H,1-2,19,23H2,3H3,(H,39,42)/b18-7-,27-6+,28-20-. The molecule has 0 bridgehead atoms. The second-order valence-electron chi connectivity index (χ2n) is 9.73. The molecule has 7 nitrogen and oxygen atoms in total. The van der Waals surface area contributed by atoms with Crippen molar-refractivity contribution in [2.45, 2.75) is 13.0 Å². The fourth-order valence-corrected chi connectivity index (χ4v) is 6.76. The quantitative estimate of drug-likeness (QED) is 0.0872. The molecule has 0 spiro atoms. The van der Waals surface area contributed by atoms with Gasteiger partial charge in [-0.2, -0.15) is 4.99 Å². The summed E-state index contributed by atoms with van der Waals surface area (Å²) in [7, 11) is 0. The molecule has 234 valence electrons. The third kappa shape index (κ3) is 8.72. The van der Waals surface area contributed by atoms with E-state index in [-0.39, 0.29) is 28.4 Å². The van der Waals surface area contributed by atoms with E-state index in [4.69, 9.17) is 4.74 Å². The number of amidine groups is 1. The summed E-state index contributed by atoms with van der Waals surface area (Å²) in [5.74, 6) is -1.09. The Balaban J connectivity index is 1.63. The van der Waals surface area contributed by atoms with Crippen LogP contribution in [0.25, 0.3) is 6.08 Å². The van der Waals surface area contributed by atoms with Crippen molar-refractivity contribution in [3.05, 3.63) is 153 Å². The number of hydrogen-bond donors (Lipinski definition) is 1. The molecule has 1 aliphatic rings. The highest BCUT2D eigenvalue weighted by Crippen LogP contribution is 2.36. The van der Waals surface area contributed by atoms with Crippen molar-refractivity contribution in [2.75, 3.05) is 12.4 Å². The summed E-state index contributed by atoms with van der Waals surface area (Å²) in [6.45, 7) is 9.46. The largest absolute Gasteiger partial charge is 0.487 e. The number of rotatable bonds is 12. The predicted molar refractivity (Wildman–Crippen MR) is 193 cm³/mol. The molecule has 3 aromatic rings. The van der Waals surface area contributed by atoms with E-state index in [1.807, 2.05) is 60.7 Å². The van der Waals surface area contributed by atoms with Gasteiger partial charge in [0.1, 0.15) is 17.9 Å². The highest BCUT2D eigenvalue weighted by atomic mass is 79.9. The molecule has 46 heavy (non-hydrogen) atoms. The maximum absolute atomic E-state index is 14.0. The van der Waals surface area contributed by atoms with Crippen LogP contribution in [0.3, 0.4) is 0 Å². The first-order valence-electron chi connectivity index (χ1n) is 14.2. The van der Waals surface area contributed by atoms with Crippen LogP contribution in [0.2, 0.25) is 0 Å². The molecular formula is C36H31Br2N3O4S. The van der Waals surface area contributed by atoms with Gasteiger partial charge in [0, 0.05) is 5.70 Å². The summed E-state index contributed by atoms with van der Waals surface area (Å²) in [6, 6.07) is 22.4. The molecule has 0 aliphatic carbocycles. The lowest BCUT2D eigenvalue weighted by Crippen LogP contribution is -2.42. The number of allylic oxidation sites excluding steroid dienone is 4. The van der Waals surface area contributed by atoms with Gasteiger partial charge in [0.25, 0.3) is 11.8 Å². The van der Waals surface area contributed by atoms with Crippen LogP contribution < -0.4 is 10.1 Å². The molecule has 1 N–H and O–H groups in total. The Morgan fingerprint density at radius 3 is 2.17 bits per heavy atom. The predicted octanol–water partition coefficient (Wildman–Crippen LogP) is 8.17. The second-order valence-corrected chi connectivity index (χ2v) is 12.4. The summed E-state index contributed by atoms with van der Waals surface area (Å²) in [5.41, 5.74) is 2.76. The van der Waals surface area contributed by atoms with Crippen molar-refractivity contribution in [3.63, 3.8) is 0 Å². The number of ether oxygens (including phenoxy) is 1. The minimum atomic E-state index is -0.710. The summed E-state index contributed by atoms with van der Waals surface area (Å²) in [5, 5.41) is 3.19. The Hall–Kier alpha value is -4.25. The Bertz CT molecular complexity index is 1690. The zero-order chi connectivity index (χ0) is 33.1. The lowest BCUT2D eigenvalue weighted by molar-refractivity contribution is -0.126. The smallest absolute Gasteiger partial charge is 0.285 e. The van der Waals surface area contributed by atoms with Crippen LogP contribution in [0.4, 0.5) is 0 Å². The van der Waals surface area contributed by atoms with Gasteiger partial charge in [0.15, 0.2) is 5.17 Å². The van der Waals surface area contributed by atoms with Crippen LogP contribution in [0.15, 0.2) is 142 Å². The molecule has 0 aromatic heterocycles. The van der Waals surface area contributed by atoms with Crippen molar-refractivity contribution in [3.8, 4) is 5.75 Å². The normalized spacial score (nSPS) is 14.5. The third-order valence-electron chi connectivity index (χ3n) is 6.59. The number of nitrogens with zero attached hydrogens (tertiary/aromatic N) is 2. The lowest BCUT2D eigenvalue weighted by Gasteiger charge is -2.28. The van der Waals surface area contributed by atoms with E-state index in [2.05, 4.69) is 55.3 Å². The van der Waals surface area contributed by atoms with Gasteiger partial charge in [-0.3, -0.25) is 19.3 Å². The first-order chi connectivity index (χ1) is 22.3. The highest BCUT2D eigenvalue weighted by Gasteiger charge is 2.35. The molecule has 3 aromatic carbocycles. The SMILES string of the molecule is C=C/C=C\C(=C/C)N1C(=O)/C(=C\c2cc(Br)c(OCC=C)c(Br)c2)C(=O)N=C1SCC(=O)NC(c1ccccc1)c1ccccc1. The van der Waals surface area contributed by atoms with Crippen molar-refractivity contribution in [1.82, 2.24) is 10.2 Å². The zero-order valence-corrected chi connectivity index (χ0v) is 29.0.